The van der Waals surface area contributed by atoms with Crippen molar-refractivity contribution in [3.05, 3.63) is 16.0 Å². The minimum Gasteiger partial charge on any atom is -0.330 e. The molecule has 1 aliphatic rings. The molecule has 0 spiro atoms. The maximum atomic E-state index is 12.0. The standard InChI is InChI=1S/C14H19N3OS/c1-2-9(7-15)6-13(18)17-14-11(8-16)10-4-3-5-12(10)19-14/h9H,2-7,15H2,1H3,(H,17,18). The Hall–Kier alpha value is -1.38. The number of hydrogen-bond acceptors (Lipinski definition) is 4. The molecule has 0 saturated heterocycles. The summed E-state index contributed by atoms with van der Waals surface area (Å²) < 4.78 is 0. The summed E-state index contributed by atoms with van der Waals surface area (Å²) in [4.78, 5) is 13.2. The number of hydrogen-bond donors (Lipinski definition) is 2. The third kappa shape index (κ3) is 2.96. The van der Waals surface area contributed by atoms with E-state index in [1.807, 2.05) is 6.92 Å². The largest absolute Gasteiger partial charge is 0.330 e. The Morgan fingerprint density at radius 2 is 2.37 bits per heavy atom. The molecule has 1 atom stereocenters. The lowest BCUT2D eigenvalue weighted by molar-refractivity contribution is -0.117. The highest BCUT2D eigenvalue weighted by Crippen LogP contribution is 2.38. The fourth-order valence-electron chi connectivity index (χ4n) is 2.44. The molecule has 1 amide bonds. The molecule has 1 unspecified atom stereocenters. The molecule has 1 aliphatic carbocycles. The molecule has 19 heavy (non-hydrogen) atoms. The molecule has 2 rings (SSSR count). The molecule has 1 aromatic heterocycles. The van der Waals surface area contributed by atoms with Gasteiger partial charge in [-0.05, 0) is 37.3 Å². The summed E-state index contributed by atoms with van der Waals surface area (Å²) in [5, 5.41) is 12.9. The summed E-state index contributed by atoms with van der Waals surface area (Å²) in [6, 6.07) is 2.23. The van der Waals surface area contributed by atoms with Crippen molar-refractivity contribution in [3.8, 4) is 6.07 Å². The highest BCUT2D eigenvalue weighted by molar-refractivity contribution is 7.16. The zero-order chi connectivity index (χ0) is 13.8. The third-order valence-corrected chi connectivity index (χ3v) is 4.88. The molecule has 4 nitrogen and oxygen atoms in total. The lowest BCUT2D eigenvalue weighted by Gasteiger charge is -2.11. The van der Waals surface area contributed by atoms with E-state index in [1.54, 1.807) is 11.3 Å². The molecular weight excluding hydrogens is 258 g/mol. The van der Waals surface area contributed by atoms with Gasteiger partial charge in [0, 0.05) is 11.3 Å². The van der Waals surface area contributed by atoms with Crippen LogP contribution in [-0.4, -0.2) is 12.5 Å². The van der Waals surface area contributed by atoms with E-state index < -0.39 is 0 Å². The Morgan fingerprint density at radius 3 is 3.00 bits per heavy atom. The van der Waals surface area contributed by atoms with Crippen LogP contribution in [0.2, 0.25) is 0 Å². The van der Waals surface area contributed by atoms with E-state index >= 15 is 0 Å². The average Bonchev–Trinajstić information content (AvgIpc) is 2.96. The van der Waals surface area contributed by atoms with Gasteiger partial charge in [-0.15, -0.1) is 11.3 Å². The molecule has 0 aliphatic heterocycles. The van der Waals surface area contributed by atoms with Gasteiger partial charge in [0.15, 0.2) is 0 Å². The number of amides is 1. The predicted octanol–water partition coefficient (Wildman–Crippen LogP) is 2.42. The topological polar surface area (TPSA) is 78.9 Å². The van der Waals surface area contributed by atoms with Gasteiger partial charge in [-0.3, -0.25) is 4.79 Å². The molecule has 0 fully saturated rings. The maximum absolute atomic E-state index is 12.0. The van der Waals surface area contributed by atoms with Crippen LogP contribution in [0, 0.1) is 17.2 Å². The molecular formula is C14H19N3OS. The van der Waals surface area contributed by atoms with Gasteiger partial charge in [-0.1, -0.05) is 13.3 Å². The van der Waals surface area contributed by atoms with Crippen LogP contribution < -0.4 is 11.1 Å². The van der Waals surface area contributed by atoms with Crippen LogP contribution >= 0.6 is 11.3 Å². The van der Waals surface area contributed by atoms with E-state index in [9.17, 15) is 10.1 Å². The van der Waals surface area contributed by atoms with Gasteiger partial charge < -0.3 is 11.1 Å². The summed E-state index contributed by atoms with van der Waals surface area (Å²) in [5.41, 5.74) is 7.43. The molecule has 0 saturated carbocycles. The van der Waals surface area contributed by atoms with E-state index in [0.717, 1.165) is 36.2 Å². The first kappa shape index (κ1) is 14.0. The summed E-state index contributed by atoms with van der Waals surface area (Å²) in [7, 11) is 0. The van der Waals surface area contributed by atoms with E-state index in [-0.39, 0.29) is 11.8 Å². The number of nitrogens with one attached hydrogen (secondary N) is 1. The number of thiophene rings is 1. The molecule has 3 N–H and O–H groups in total. The highest BCUT2D eigenvalue weighted by atomic mass is 32.1. The summed E-state index contributed by atoms with van der Waals surface area (Å²) in [5.74, 6) is 0.186. The van der Waals surface area contributed by atoms with Crippen molar-refractivity contribution in [1.82, 2.24) is 0 Å². The normalized spacial score (nSPS) is 14.8. The first-order valence-electron chi connectivity index (χ1n) is 6.74. The lowest BCUT2D eigenvalue weighted by atomic mass is 10.0. The van der Waals surface area contributed by atoms with Crippen molar-refractivity contribution in [2.24, 2.45) is 11.7 Å². The summed E-state index contributed by atoms with van der Waals surface area (Å²) in [6.07, 6.45) is 4.45. The number of carbonyl (C=O) groups excluding carboxylic acids is 1. The van der Waals surface area contributed by atoms with Crippen molar-refractivity contribution in [1.29, 1.82) is 5.26 Å². The van der Waals surface area contributed by atoms with Gasteiger partial charge >= 0.3 is 0 Å². The second-order valence-corrected chi connectivity index (χ2v) is 6.04. The Labute approximate surface area is 117 Å². The van der Waals surface area contributed by atoms with Crippen LogP contribution in [0.5, 0.6) is 0 Å². The summed E-state index contributed by atoms with van der Waals surface area (Å²) >= 11 is 1.56. The molecule has 0 aromatic carbocycles. The monoisotopic (exact) mass is 277 g/mol. The Bertz CT molecular complexity index is 511. The van der Waals surface area contributed by atoms with Crippen LogP contribution in [-0.2, 0) is 17.6 Å². The fraction of sp³-hybridized carbons (Fsp3) is 0.571. The summed E-state index contributed by atoms with van der Waals surface area (Å²) in [6.45, 7) is 2.56. The van der Waals surface area contributed by atoms with Crippen LogP contribution in [0.25, 0.3) is 0 Å². The second kappa shape index (κ2) is 6.18. The molecule has 102 valence electrons. The van der Waals surface area contributed by atoms with Gasteiger partial charge in [0.05, 0.1) is 5.56 Å². The number of aryl methyl sites for hydroxylation is 1. The van der Waals surface area contributed by atoms with Crippen LogP contribution in [0.1, 0.15) is 42.2 Å². The van der Waals surface area contributed by atoms with Gasteiger partial charge in [-0.25, -0.2) is 0 Å². The van der Waals surface area contributed by atoms with Crippen LogP contribution in [0.15, 0.2) is 0 Å². The van der Waals surface area contributed by atoms with Crippen molar-refractivity contribution < 1.29 is 4.79 Å². The number of anilines is 1. The average molecular weight is 277 g/mol. The van der Waals surface area contributed by atoms with E-state index in [0.29, 0.717) is 18.5 Å². The second-order valence-electron chi connectivity index (χ2n) is 4.94. The van der Waals surface area contributed by atoms with Crippen LogP contribution in [0.4, 0.5) is 5.00 Å². The Balaban J connectivity index is 2.08. The maximum Gasteiger partial charge on any atom is 0.225 e. The number of rotatable bonds is 5. The minimum absolute atomic E-state index is 0.0336. The lowest BCUT2D eigenvalue weighted by Crippen LogP contribution is -2.21. The molecule has 5 heteroatoms. The molecule has 0 radical (unpaired) electrons. The van der Waals surface area contributed by atoms with Gasteiger partial charge in [-0.2, -0.15) is 5.26 Å². The number of nitrogens with zero attached hydrogens (tertiary/aromatic N) is 1. The minimum atomic E-state index is -0.0336. The van der Waals surface area contributed by atoms with Gasteiger partial charge in [0.1, 0.15) is 11.1 Å². The quantitative estimate of drug-likeness (QED) is 0.867. The van der Waals surface area contributed by atoms with Crippen LogP contribution in [0.3, 0.4) is 0 Å². The number of fused-ring (bicyclic) bond motifs is 1. The van der Waals surface area contributed by atoms with Gasteiger partial charge in [0.2, 0.25) is 5.91 Å². The number of nitrogens with two attached hydrogens (primary N) is 1. The first-order chi connectivity index (χ1) is 9.19. The fourth-order valence-corrected chi connectivity index (χ4v) is 3.70. The van der Waals surface area contributed by atoms with Crippen molar-refractivity contribution in [2.75, 3.05) is 11.9 Å². The van der Waals surface area contributed by atoms with Crippen molar-refractivity contribution in [2.45, 2.75) is 39.0 Å². The van der Waals surface area contributed by atoms with E-state index in [4.69, 9.17) is 5.73 Å². The Morgan fingerprint density at radius 1 is 1.58 bits per heavy atom. The van der Waals surface area contributed by atoms with E-state index in [1.165, 1.54) is 4.88 Å². The number of nitriles is 1. The smallest absolute Gasteiger partial charge is 0.225 e. The predicted molar refractivity (Wildman–Crippen MR) is 77.1 cm³/mol. The highest BCUT2D eigenvalue weighted by Gasteiger charge is 2.23. The molecule has 0 bridgehead atoms. The molecule has 1 aromatic rings. The SMILES string of the molecule is CCC(CN)CC(=O)Nc1sc2c(c1C#N)CCC2. The zero-order valence-corrected chi connectivity index (χ0v) is 12.0. The van der Waals surface area contributed by atoms with Crippen molar-refractivity contribution >= 4 is 22.2 Å². The Kier molecular flexibility index (Phi) is 4.56. The number of carbonyl (C=O) groups is 1. The zero-order valence-electron chi connectivity index (χ0n) is 11.2. The van der Waals surface area contributed by atoms with Crippen molar-refractivity contribution in [3.63, 3.8) is 0 Å². The van der Waals surface area contributed by atoms with E-state index in [2.05, 4.69) is 11.4 Å². The van der Waals surface area contributed by atoms with Gasteiger partial charge in [0.25, 0.3) is 0 Å². The molecule has 1 heterocycles. The third-order valence-electron chi connectivity index (χ3n) is 3.67. The first-order valence-corrected chi connectivity index (χ1v) is 7.55.